The fourth-order valence-corrected chi connectivity index (χ4v) is 1.40. The van der Waals surface area contributed by atoms with Crippen molar-refractivity contribution >= 4 is 0 Å². The van der Waals surface area contributed by atoms with Gasteiger partial charge in [-0.05, 0) is 31.0 Å². The molecule has 0 aliphatic rings. The Morgan fingerprint density at radius 2 is 2.13 bits per heavy atom. The second kappa shape index (κ2) is 5.66. The van der Waals surface area contributed by atoms with Crippen molar-refractivity contribution in [2.45, 2.75) is 19.3 Å². The molecule has 1 rings (SSSR count). The Morgan fingerprint density at radius 3 is 2.67 bits per heavy atom. The number of hydrogen-bond acceptors (Lipinski definition) is 2. The summed E-state index contributed by atoms with van der Waals surface area (Å²) in [6.45, 7) is 0.583. The average Bonchev–Trinajstić information content (AvgIpc) is 2.25. The number of aryl methyl sites for hydroxylation is 1. The van der Waals surface area contributed by atoms with Crippen LogP contribution < -0.4 is 10.5 Å². The minimum absolute atomic E-state index is 0.0108. The Bertz CT molecular complexity index is 315. The van der Waals surface area contributed by atoms with Crippen molar-refractivity contribution in [3.8, 4) is 5.75 Å². The average molecular weight is 215 g/mol. The highest BCUT2D eigenvalue weighted by molar-refractivity contribution is 5.38. The summed E-state index contributed by atoms with van der Waals surface area (Å²) in [7, 11) is 1.48. The van der Waals surface area contributed by atoms with Crippen molar-refractivity contribution in [1.82, 2.24) is 0 Å². The molecule has 1 aromatic rings. The lowest BCUT2D eigenvalue weighted by Crippen LogP contribution is -2.02. The molecule has 0 unspecified atom stereocenters. The highest BCUT2D eigenvalue weighted by Gasteiger charge is 2.10. The minimum atomic E-state index is -2.46. The van der Waals surface area contributed by atoms with Crippen LogP contribution in [0, 0.1) is 0 Å². The molecule has 84 valence electrons. The summed E-state index contributed by atoms with van der Waals surface area (Å²) in [5.41, 5.74) is 6.30. The number of ether oxygens (including phenoxy) is 1. The van der Waals surface area contributed by atoms with E-state index >= 15 is 0 Å². The van der Waals surface area contributed by atoms with Crippen LogP contribution in [0.4, 0.5) is 8.78 Å². The second-order valence-corrected chi connectivity index (χ2v) is 3.26. The van der Waals surface area contributed by atoms with E-state index in [0.717, 1.165) is 18.4 Å². The summed E-state index contributed by atoms with van der Waals surface area (Å²) in [5.74, 6) is 0.515. The number of rotatable bonds is 5. The third-order valence-electron chi connectivity index (χ3n) is 2.21. The van der Waals surface area contributed by atoms with Crippen LogP contribution >= 0.6 is 0 Å². The lowest BCUT2D eigenvalue weighted by molar-refractivity contribution is 0.151. The van der Waals surface area contributed by atoms with Gasteiger partial charge in [0, 0.05) is 5.56 Å². The Kier molecular flexibility index (Phi) is 4.49. The van der Waals surface area contributed by atoms with Crippen molar-refractivity contribution in [3.05, 3.63) is 29.3 Å². The van der Waals surface area contributed by atoms with E-state index in [1.807, 2.05) is 0 Å². The van der Waals surface area contributed by atoms with E-state index < -0.39 is 6.43 Å². The van der Waals surface area contributed by atoms with Gasteiger partial charge in [-0.2, -0.15) is 0 Å². The molecule has 1 aromatic carbocycles. The highest BCUT2D eigenvalue weighted by Crippen LogP contribution is 2.27. The van der Waals surface area contributed by atoms with Gasteiger partial charge in [-0.1, -0.05) is 12.1 Å². The van der Waals surface area contributed by atoms with E-state index in [-0.39, 0.29) is 5.56 Å². The number of halogens is 2. The predicted molar refractivity (Wildman–Crippen MR) is 55.3 cm³/mol. The molecule has 0 fully saturated rings. The summed E-state index contributed by atoms with van der Waals surface area (Å²) < 4.78 is 29.8. The summed E-state index contributed by atoms with van der Waals surface area (Å²) >= 11 is 0. The van der Waals surface area contributed by atoms with Crippen LogP contribution in [0.3, 0.4) is 0 Å². The van der Waals surface area contributed by atoms with Crippen LogP contribution in [-0.4, -0.2) is 13.7 Å². The molecule has 2 N–H and O–H groups in total. The van der Waals surface area contributed by atoms with Gasteiger partial charge in [-0.3, -0.25) is 0 Å². The summed E-state index contributed by atoms with van der Waals surface area (Å²) in [6, 6.07) is 4.49. The van der Waals surface area contributed by atoms with Crippen LogP contribution in [0.5, 0.6) is 5.75 Å². The maximum absolute atomic E-state index is 12.4. The van der Waals surface area contributed by atoms with E-state index in [9.17, 15) is 8.78 Å². The molecule has 0 spiro atoms. The Labute approximate surface area is 88.0 Å². The van der Waals surface area contributed by atoms with Crippen LogP contribution in [0.15, 0.2) is 18.2 Å². The number of alkyl halides is 2. The number of benzene rings is 1. The molecule has 0 atom stereocenters. The fourth-order valence-electron chi connectivity index (χ4n) is 1.40. The summed E-state index contributed by atoms with van der Waals surface area (Å²) in [4.78, 5) is 0. The molecule has 2 nitrogen and oxygen atoms in total. The molecule has 0 bridgehead atoms. The zero-order valence-electron chi connectivity index (χ0n) is 8.67. The lowest BCUT2D eigenvalue weighted by atomic mass is 10.1. The van der Waals surface area contributed by atoms with Gasteiger partial charge in [0.05, 0.1) is 7.11 Å². The molecule has 0 amide bonds. The van der Waals surface area contributed by atoms with E-state index in [0.29, 0.717) is 12.3 Å². The van der Waals surface area contributed by atoms with Gasteiger partial charge in [-0.15, -0.1) is 0 Å². The van der Waals surface area contributed by atoms with E-state index in [2.05, 4.69) is 0 Å². The van der Waals surface area contributed by atoms with Crippen molar-refractivity contribution in [2.24, 2.45) is 5.73 Å². The molecule has 0 radical (unpaired) electrons. The van der Waals surface area contributed by atoms with Gasteiger partial charge in [-0.25, -0.2) is 8.78 Å². The molecule has 0 saturated carbocycles. The molecule has 0 heterocycles. The molecule has 15 heavy (non-hydrogen) atoms. The fraction of sp³-hybridized carbons (Fsp3) is 0.455. The lowest BCUT2D eigenvalue weighted by Gasteiger charge is -2.09. The second-order valence-electron chi connectivity index (χ2n) is 3.26. The molecule has 4 heteroatoms. The van der Waals surface area contributed by atoms with Gasteiger partial charge in [0.1, 0.15) is 5.75 Å². The third-order valence-corrected chi connectivity index (χ3v) is 2.21. The number of hydrogen-bond donors (Lipinski definition) is 1. The quantitative estimate of drug-likeness (QED) is 0.819. The topological polar surface area (TPSA) is 35.2 Å². The van der Waals surface area contributed by atoms with E-state index in [1.165, 1.54) is 19.2 Å². The molecule has 0 aliphatic carbocycles. The molecular formula is C11H15F2NO. The van der Waals surface area contributed by atoms with Gasteiger partial charge < -0.3 is 10.5 Å². The SMILES string of the molecule is COc1cc(C(F)F)ccc1CCCN. The largest absolute Gasteiger partial charge is 0.496 e. The number of nitrogens with two attached hydrogens (primary N) is 1. The maximum Gasteiger partial charge on any atom is 0.263 e. The Morgan fingerprint density at radius 1 is 1.40 bits per heavy atom. The van der Waals surface area contributed by atoms with Gasteiger partial charge in [0.2, 0.25) is 0 Å². The Hall–Kier alpha value is -1.16. The van der Waals surface area contributed by atoms with Gasteiger partial charge in [0.15, 0.2) is 0 Å². The first-order chi connectivity index (χ1) is 7.19. The monoisotopic (exact) mass is 215 g/mol. The smallest absolute Gasteiger partial charge is 0.263 e. The first-order valence-electron chi connectivity index (χ1n) is 4.84. The van der Waals surface area contributed by atoms with E-state index in [1.54, 1.807) is 6.07 Å². The van der Waals surface area contributed by atoms with Crippen LogP contribution in [0.2, 0.25) is 0 Å². The predicted octanol–water partition coefficient (Wildman–Crippen LogP) is 2.52. The summed E-state index contributed by atoms with van der Waals surface area (Å²) in [6.07, 6.45) is -0.879. The van der Waals surface area contributed by atoms with E-state index in [4.69, 9.17) is 10.5 Å². The van der Waals surface area contributed by atoms with Gasteiger partial charge >= 0.3 is 0 Å². The molecule has 0 aromatic heterocycles. The van der Waals surface area contributed by atoms with Crippen molar-refractivity contribution in [2.75, 3.05) is 13.7 Å². The third kappa shape index (κ3) is 3.16. The number of methoxy groups -OCH3 is 1. The Balaban J connectivity index is 2.88. The molecular weight excluding hydrogens is 200 g/mol. The molecule has 0 saturated heterocycles. The standard InChI is InChI=1S/C11H15F2NO/c1-15-10-7-9(11(12)13)5-4-8(10)3-2-6-14/h4-5,7,11H,2-3,6,14H2,1H3. The zero-order chi connectivity index (χ0) is 11.3. The van der Waals surface area contributed by atoms with Gasteiger partial charge in [0.25, 0.3) is 6.43 Å². The minimum Gasteiger partial charge on any atom is -0.496 e. The van der Waals surface area contributed by atoms with Crippen molar-refractivity contribution < 1.29 is 13.5 Å². The molecule has 0 aliphatic heterocycles. The normalized spacial score (nSPS) is 10.7. The van der Waals surface area contributed by atoms with Crippen LogP contribution in [0.25, 0.3) is 0 Å². The van der Waals surface area contributed by atoms with Crippen LogP contribution in [0.1, 0.15) is 24.0 Å². The van der Waals surface area contributed by atoms with Crippen LogP contribution in [-0.2, 0) is 6.42 Å². The first-order valence-corrected chi connectivity index (χ1v) is 4.84. The summed E-state index contributed by atoms with van der Waals surface area (Å²) in [5, 5.41) is 0. The zero-order valence-corrected chi connectivity index (χ0v) is 8.67. The van der Waals surface area contributed by atoms with Crippen molar-refractivity contribution in [1.29, 1.82) is 0 Å². The highest BCUT2D eigenvalue weighted by atomic mass is 19.3. The first kappa shape index (κ1) is 11.9. The van der Waals surface area contributed by atoms with Crippen molar-refractivity contribution in [3.63, 3.8) is 0 Å². The maximum atomic E-state index is 12.4.